The maximum atomic E-state index is 13.5. The van der Waals surface area contributed by atoms with E-state index in [0.717, 1.165) is 40.8 Å². The van der Waals surface area contributed by atoms with Gasteiger partial charge in [-0.25, -0.2) is 13.9 Å². The number of allylic oxidation sites excluding steroid dienone is 1. The Morgan fingerprint density at radius 1 is 1.12 bits per heavy atom. The maximum Gasteiger partial charge on any atom is 0.220 e. The van der Waals surface area contributed by atoms with Crippen molar-refractivity contribution in [1.29, 1.82) is 10.5 Å². The van der Waals surface area contributed by atoms with Crippen LogP contribution in [0, 0.1) is 35.4 Å². The zero-order valence-corrected chi connectivity index (χ0v) is 23.1. The number of aromatic amines is 1. The fourth-order valence-electron chi connectivity index (χ4n) is 4.32. The number of aryl methyl sites for hydroxylation is 1. The van der Waals surface area contributed by atoms with E-state index in [1.54, 1.807) is 36.1 Å². The van der Waals surface area contributed by atoms with E-state index in [4.69, 9.17) is 0 Å². The van der Waals surface area contributed by atoms with E-state index in [1.165, 1.54) is 49.4 Å². The van der Waals surface area contributed by atoms with Gasteiger partial charge >= 0.3 is 0 Å². The zero-order valence-electron chi connectivity index (χ0n) is 22.3. The Morgan fingerprint density at radius 3 is 2.55 bits per heavy atom. The molecule has 1 aliphatic rings. The summed E-state index contributed by atoms with van der Waals surface area (Å²) in [5.74, 6) is 0.366. The smallest absolute Gasteiger partial charge is 0.220 e. The number of nitrogens with zero attached hydrogens (tertiary/aromatic N) is 8. The van der Waals surface area contributed by atoms with Crippen molar-refractivity contribution in [1.82, 2.24) is 24.7 Å². The van der Waals surface area contributed by atoms with Crippen molar-refractivity contribution in [2.24, 2.45) is 9.98 Å². The van der Waals surface area contributed by atoms with Crippen molar-refractivity contribution in [3.8, 4) is 23.3 Å². The van der Waals surface area contributed by atoms with Crippen molar-refractivity contribution < 1.29 is 4.39 Å². The van der Waals surface area contributed by atoms with Gasteiger partial charge in [0.05, 0.1) is 29.0 Å². The molecule has 0 saturated carbocycles. The van der Waals surface area contributed by atoms with Gasteiger partial charge in [0.25, 0.3) is 0 Å². The molecule has 4 heterocycles. The molecule has 202 valence electrons. The third kappa shape index (κ3) is 6.45. The van der Waals surface area contributed by atoms with Crippen LogP contribution in [0.2, 0.25) is 0 Å². The molecule has 1 aliphatic heterocycles. The molecule has 4 aromatic rings. The number of nitriles is 2. The molecule has 0 bridgehead atoms. The number of rotatable bonds is 4. The Hall–Kier alpha value is -4.74. The first-order chi connectivity index (χ1) is 19.5. The summed E-state index contributed by atoms with van der Waals surface area (Å²) in [6.07, 6.45) is 12.3. The topological polar surface area (TPSA) is 122 Å². The molecule has 0 spiro atoms. The van der Waals surface area contributed by atoms with Gasteiger partial charge in [-0.3, -0.25) is 10.1 Å². The summed E-state index contributed by atoms with van der Waals surface area (Å²) < 4.78 is 15.1. The number of fused-ring (bicyclic) bond motifs is 1. The number of hydrogen-bond acceptors (Lipinski definition) is 6. The van der Waals surface area contributed by atoms with Gasteiger partial charge in [0.2, 0.25) is 5.96 Å². The third-order valence-electron chi connectivity index (χ3n) is 6.25. The normalized spacial score (nSPS) is 13.5. The fraction of sp³-hybridized carbons (Fsp3) is 0.241. The van der Waals surface area contributed by atoms with Gasteiger partial charge in [0, 0.05) is 59.2 Å². The van der Waals surface area contributed by atoms with E-state index < -0.39 is 5.82 Å². The van der Waals surface area contributed by atoms with E-state index in [1.807, 2.05) is 25.3 Å². The van der Waals surface area contributed by atoms with Crippen LogP contribution in [-0.2, 0) is 0 Å². The molecular weight excluding hydrogens is 525 g/mol. The van der Waals surface area contributed by atoms with Gasteiger partial charge in [-0.2, -0.15) is 20.7 Å². The molecule has 0 radical (unpaired) electrons. The largest absolute Gasteiger partial charge is 0.341 e. The number of aliphatic imine (C=N–C) groups is 2. The lowest BCUT2D eigenvalue weighted by atomic mass is 10.1. The SMILES string of the molecule is C=C/C=N\C(=NC)N1CCCCC1.Cc1[nH]ncc1-c1cc(Sc2ccc(F)cc2C#N)c2c(C#N)cnn2c1. The van der Waals surface area contributed by atoms with Crippen molar-refractivity contribution >= 4 is 29.5 Å². The number of likely N-dealkylation sites (tertiary alicyclic amines) is 1. The van der Waals surface area contributed by atoms with E-state index in [0.29, 0.717) is 16.0 Å². The Morgan fingerprint density at radius 2 is 1.90 bits per heavy atom. The molecule has 0 aliphatic carbocycles. The number of H-pyrrole nitrogens is 1. The van der Waals surface area contributed by atoms with Crippen LogP contribution in [0.3, 0.4) is 0 Å². The second-order valence-electron chi connectivity index (χ2n) is 8.90. The molecule has 11 heteroatoms. The van der Waals surface area contributed by atoms with Crippen LogP contribution in [0.5, 0.6) is 0 Å². The van der Waals surface area contributed by atoms with Gasteiger partial charge in [-0.1, -0.05) is 24.4 Å². The number of halogens is 1. The van der Waals surface area contributed by atoms with Crippen molar-refractivity contribution in [2.45, 2.75) is 36.0 Å². The first kappa shape index (κ1) is 28.3. The summed E-state index contributed by atoms with van der Waals surface area (Å²) in [5.41, 5.74) is 3.98. The third-order valence-corrected chi connectivity index (χ3v) is 7.36. The van der Waals surface area contributed by atoms with Gasteiger partial charge < -0.3 is 4.90 Å². The lowest BCUT2D eigenvalue weighted by molar-refractivity contribution is 0.339. The Labute approximate surface area is 236 Å². The Kier molecular flexibility index (Phi) is 9.44. The van der Waals surface area contributed by atoms with Crippen molar-refractivity contribution in [3.05, 3.63) is 78.1 Å². The zero-order chi connectivity index (χ0) is 28.5. The molecule has 1 fully saturated rings. The summed E-state index contributed by atoms with van der Waals surface area (Å²) in [4.78, 5) is 11.9. The summed E-state index contributed by atoms with van der Waals surface area (Å²) in [5, 5.41) is 30.0. The number of piperidine rings is 1. The number of hydrogen-bond donors (Lipinski definition) is 1. The number of guanidine groups is 1. The van der Waals surface area contributed by atoms with E-state index >= 15 is 0 Å². The number of benzene rings is 1. The quantitative estimate of drug-likeness (QED) is 0.252. The average Bonchev–Trinajstić information content (AvgIpc) is 3.61. The van der Waals surface area contributed by atoms with Crippen LogP contribution in [0.1, 0.15) is 36.1 Å². The first-order valence-corrected chi connectivity index (χ1v) is 13.5. The molecule has 0 unspecified atom stereocenters. The molecule has 0 amide bonds. The molecular formula is C29H28FN9S. The molecule has 1 aromatic carbocycles. The number of pyridine rings is 1. The van der Waals surface area contributed by atoms with Crippen LogP contribution >= 0.6 is 11.8 Å². The van der Waals surface area contributed by atoms with Crippen LogP contribution in [0.4, 0.5) is 4.39 Å². The summed E-state index contributed by atoms with van der Waals surface area (Å²) in [6, 6.07) is 10.1. The highest BCUT2D eigenvalue weighted by atomic mass is 32.2. The minimum atomic E-state index is -0.467. The van der Waals surface area contributed by atoms with Gasteiger partial charge in [0.15, 0.2) is 0 Å². The van der Waals surface area contributed by atoms with E-state index in [9.17, 15) is 14.9 Å². The fourth-order valence-corrected chi connectivity index (χ4v) is 5.40. The highest BCUT2D eigenvalue weighted by molar-refractivity contribution is 7.99. The molecule has 5 rings (SSSR count). The first-order valence-electron chi connectivity index (χ1n) is 12.6. The van der Waals surface area contributed by atoms with E-state index in [2.05, 4.69) is 42.8 Å². The van der Waals surface area contributed by atoms with Crippen molar-refractivity contribution in [2.75, 3.05) is 20.1 Å². The van der Waals surface area contributed by atoms with E-state index in [-0.39, 0.29) is 5.56 Å². The highest BCUT2D eigenvalue weighted by Crippen LogP contribution is 2.37. The summed E-state index contributed by atoms with van der Waals surface area (Å²) >= 11 is 1.30. The molecule has 40 heavy (non-hydrogen) atoms. The monoisotopic (exact) mass is 553 g/mol. The lowest BCUT2D eigenvalue weighted by Crippen LogP contribution is -2.34. The molecule has 1 saturated heterocycles. The van der Waals surface area contributed by atoms with Crippen LogP contribution in [0.25, 0.3) is 16.6 Å². The number of aromatic nitrogens is 4. The summed E-state index contributed by atoms with van der Waals surface area (Å²) in [6.45, 7) is 7.67. The minimum Gasteiger partial charge on any atom is -0.341 e. The molecule has 3 aromatic heterocycles. The lowest BCUT2D eigenvalue weighted by Gasteiger charge is -2.27. The molecule has 9 nitrogen and oxygen atoms in total. The van der Waals surface area contributed by atoms with Gasteiger partial charge in [0.1, 0.15) is 18.0 Å². The second kappa shape index (κ2) is 13.4. The standard InChI is InChI=1S/C19H11FN6S.C10H17N3/c1-11-16(9-23-25-11)13-5-18(19-14(7-22)8-24-26(19)10-13)27-17-3-2-15(20)4-12(17)6-21;1-3-7-12-10(11-2)13-8-5-4-6-9-13/h2-5,8-10H,1H3,(H,23,25);3,7H,1,4-6,8-9H2,2H3/b;11-10?,12-7-. The van der Waals surface area contributed by atoms with Crippen LogP contribution in [-0.4, -0.2) is 57.0 Å². The Balaban J connectivity index is 0.000000240. The number of nitrogens with one attached hydrogen (secondary N) is 1. The second-order valence-corrected chi connectivity index (χ2v) is 9.99. The molecule has 0 atom stereocenters. The maximum absolute atomic E-state index is 13.5. The predicted molar refractivity (Wildman–Crippen MR) is 155 cm³/mol. The summed E-state index contributed by atoms with van der Waals surface area (Å²) in [7, 11) is 1.78. The van der Waals surface area contributed by atoms with Crippen LogP contribution < -0.4 is 0 Å². The van der Waals surface area contributed by atoms with Crippen LogP contribution in [0.15, 0.2) is 75.3 Å². The molecule has 1 N–H and O–H groups in total. The predicted octanol–water partition coefficient (Wildman–Crippen LogP) is 5.78. The minimum absolute atomic E-state index is 0.237. The Bertz CT molecular complexity index is 1650. The van der Waals surface area contributed by atoms with Gasteiger partial charge in [-0.05, 0) is 50.5 Å². The average molecular weight is 554 g/mol. The van der Waals surface area contributed by atoms with Crippen molar-refractivity contribution in [3.63, 3.8) is 0 Å². The highest BCUT2D eigenvalue weighted by Gasteiger charge is 2.16. The van der Waals surface area contributed by atoms with Gasteiger partial charge in [-0.15, -0.1) is 0 Å².